The lowest BCUT2D eigenvalue weighted by atomic mass is 10.1. The molecule has 1 N–H and O–H groups in total. The van der Waals surface area contributed by atoms with Gasteiger partial charge in [-0.05, 0) is 42.0 Å². The Bertz CT molecular complexity index is 1070. The van der Waals surface area contributed by atoms with E-state index in [0.29, 0.717) is 17.7 Å². The summed E-state index contributed by atoms with van der Waals surface area (Å²) in [4.78, 5) is 37.4. The molecule has 2 aromatic carbocycles. The first-order valence-electron chi connectivity index (χ1n) is 8.76. The van der Waals surface area contributed by atoms with Gasteiger partial charge in [0.05, 0.1) is 0 Å². The molecule has 1 aromatic heterocycles. The highest BCUT2D eigenvalue weighted by atomic mass is 19.1. The van der Waals surface area contributed by atoms with E-state index < -0.39 is 11.6 Å². The van der Waals surface area contributed by atoms with Crippen molar-refractivity contribution in [1.82, 2.24) is 20.0 Å². The first-order valence-corrected chi connectivity index (χ1v) is 8.76. The van der Waals surface area contributed by atoms with Gasteiger partial charge in [-0.2, -0.15) is 4.68 Å². The zero-order valence-corrected chi connectivity index (χ0v) is 15.9. The Balaban J connectivity index is 1.66. The molecule has 0 aliphatic heterocycles. The van der Waals surface area contributed by atoms with Crippen molar-refractivity contribution in [1.29, 1.82) is 0 Å². The average molecular weight is 398 g/mol. The second kappa shape index (κ2) is 8.51. The first kappa shape index (κ1) is 20.0. The zero-order valence-electron chi connectivity index (χ0n) is 15.9. The molecule has 8 nitrogen and oxygen atoms in total. The summed E-state index contributed by atoms with van der Waals surface area (Å²) < 4.78 is 19.0. The third kappa shape index (κ3) is 4.75. The van der Waals surface area contributed by atoms with Crippen LogP contribution in [-0.4, -0.2) is 40.6 Å². The highest BCUT2D eigenvalue weighted by Gasteiger charge is 2.16. The van der Waals surface area contributed by atoms with E-state index in [1.807, 2.05) is 0 Å². The number of rotatable bonds is 6. The Morgan fingerprint density at radius 3 is 2.41 bits per heavy atom. The van der Waals surface area contributed by atoms with Crippen LogP contribution in [0.4, 0.5) is 4.39 Å². The molecule has 29 heavy (non-hydrogen) atoms. The number of hydrogen-bond acceptors (Lipinski definition) is 5. The Morgan fingerprint density at radius 2 is 1.79 bits per heavy atom. The number of halogens is 1. The molecule has 1 heterocycles. The smallest absolute Gasteiger partial charge is 0.388 e. The van der Waals surface area contributed by atoms with Crippen LogP contribution in [0.25, 0.3) is 11.5 Å². The summed E-state index contributed by atoms with van der Waals surface area (Å²) in [6, 6.07) is 12.2. The van der Waals surface area contributed by atoms with Crippen molar-refractivity contribution >= 4 is 11.8 Å². The van der Waals surface area contributed by atoms with Crippen LogP contribution < -0.4 is 11.1 Å². The van der Waals surface area contributed by atoms with Gasteiger partial charge in [-0.3, -0.25) is 9.59 Å². The number of benzene rings is 2. The fraction of sp³-hybridized carbons (Fsp3) is 0.200. The number of carbonyl (C=O) groups is 2. The highest BCUT2D eigenvalue weighted by molar-refractivity contribution is 5.93. The first-order chi connectivity index (χ1) is 13.9. The molecule has 3 rings (SSSR count). The number of likely N-dealkylation sites (N-methyl/N-ethyl adjacent to an activating group) is 1. The molecule has 2 amide bonds. The topological polar surface area (TPSA) is 97.4 Å². The van der Waals surface area contributed by atoms with E-state index in [2.05, 4.69) is 10.4 Å². The van der Waals surface area contributed by atoms with Crippen molar-refractivity contribution in [2.75, 3.05) is 14.1 Å². The Hall–Kier alpha value is -3.75. The van der Waals surface area contributed by atoms with Gasteiger partial charge in [0.2, 0.25) is 11.8 Å². The molecule has 150 valence electrons. The van der Waals surface area contributed by atoms with Crippen LogP contribution in [0.5, 0.6) is 0 Å². The number of nitrogens with one attached hydrogen (secondary N) is 1. The second-order valence-corrected chi connectivity index (χ2v) is 6.36. The Morgan fingerprint density at radius 1 is 1.14 bits per heavy atom. The predicted molar refractivity (Wildman–Crippen MR) is 102 cm³/mol. The van der Waals surface area contributed by atoms with E-state index in [1.54, 1.807) is 38.4 Å². The average Bonchev–Trinajstić information content (AvgIpc) is 3.08. The molecule has 0 atom stereocenters. The number of amides is 2. The minimum atomic E-state index is -0.777. The van der Waals surface area contributed by atoms with Crippen LogP contribution in [0.2, 0.25) is 0 Å². The van der Waals surface area contributed by atoms with Crippen molar-refractivity contribution in [3.63, 3.8) is 0 Å². The van der Waals surface area contributed by atoms with Crippen LogP contribution in [0.3, 0.4) is 0 Å². The maximum Gasteiger partial charge on any atom is 0.437 e. The maximum atomic E-state index is 13.0. The molecule has 0 radical (unpaired) electrons. The van der Waals surface area contributed by atoms with Crippen LogP contribution >= 0.6 is 0 Å². The molecular weight excluding hydrogens is 379 g/mol. The van der Waals surface area contributed by atoms with Crippen molar-refractivity contribution in [2.24, 2.45) is 0 Å². The Kier molecular flexibility index (Phi) is 5.87. The van der Waals surface area contributed by atoms with E-state index in [0.717, 1.165) is 10.2 Å². The number of carbonyl (C=O) groups excluding carboxylic acids is 2. The highest BCUT2D eigenvalue weighted by Crippen LogP contribution is 2.15. The van der Waals surface area contributed by atoms with Crippen molar-refractivity contribution in [3.8, 4) is 11.5 Å². The van der Waals surface area contributed by atoms with E-state index >= 15 is 0 Å². The minimum Gasteiger partial charge on any atom is -0.388 e. The second-order valence-electron chi connectivity index (χ2n) is 6.36. The van der Waals surface area contributed by atoms with Gasteiger partial charge in [0.25, 0.3) is 5.91 Å². The van der Waals surface area contributed by atoms with E-state index in [1.165, 1.54) is 29.2 Å². The van der Waals surface area contributed by atoms with Gasteiger partial charge in [-0.15, -0.1) is 5.10 Å². The molecule has 9 heteroatoms. The monoisotopic (exact) mass is 398 g/mol. The Labute approximate surface area is 165 Å². The summed E-state index contributed by atoms with van der Waals surface area (Å²) >= 11 is 0. The molecule has 0 bridgehead atoms. The van der Waals surface area contributed by atoms with E-state index in [9.17, 15) is 18.8 Å². The normalized spacial score (nSPS) is 10.6. The molecular formula is C20H19FN4O4. The van der Waals surface area contributed by atoms with E-state index in [4.69, 9.17) is 4.42 Å². The SMILES string of the molecule is CNC(=O)c1ccc(CN(C)C(=O)Cn2nc(-c3ccc(F)cc3)oc2=O)cc1. The summed E-state index contributed by atoms with van der Waals surface area (Å²) in [6.45, 7) is 0.000626. The van der Waals surface area contributed by atoms with Crippen molar-refractivity contribution < 1.29 is 18.4 Å². The maximum absolute atomic E-state index is 13.0. The standard InChI is InChI=1S/C20H19FN4O4/c1-22-18(27)14-5-3-13(4-6-14)11-24(2)17(26)12-25-20(28)29-19(23-25)15-7-9-16(21)10-8-15/h3-10H,11-12H2,1-2H3,(H,22,27). The van der Waals surface area contributed by atoms with Crippen molar-refractivity contribution in [3.05, 3.63) is 76.0 Å². The lowest BCUT2D eigenvalue weighted by molar-refractivity contribution is -0.131. The number of hydrogen-bond donors (Lipinski definition) is 1. The molecule has 0 unspecified atom stereocenters. The summed E-state index contributed by atoms with van der Waals surface area (Å²) in [5, 5.41) is 6.54. The van der Waals surface area contributed by atoms with Gasteiger partial charge in [0.1, 0.15) is 12.4 Å². The molecule has 0 saturated heterocycles. The lowest BCUT2D eigenvalue weighted by Crippen LogP contribution is -2.33. The van der Waals surface area contributed by atoms with Gasteiger partial charge in [0.15, 0.2) is 0 Å². The quantitative estimate of drug-likeness (QED) is 0.681. The molecule has 0 aliphatic carbocycles. The molecule has 0 spiro atoms. The predicted octanol–water partition coefficient (Wildman–Crippen LogP) is 1.66. The summed E-state index contributed by atoms with van der Waals surface area (Å²) in [6.07, 6.45) is 0. The summed E-state index contributed by atoms with van der Waals surface area (Å²) in [5.74, 6) is -1.73. The third-order valence-electron chi connectivity index (χ3n) is 4.27. The van der Waals surface area contributed by atoms with Crippen LogP contribution in [0.1, 0.15) is 15.9 Å². The van der Waals surface area contributed by atoms with Crippen LogP contribution in [0.15, 0.2) is 57.7 Å². The summed E-state index contributed by atoms with van der Waals surface area (Å²) in [5.41, 5.74) is 1.78. The van der Waals surface area contributed by atoms with Crippen molar-refractivity contribution in [2.45, 2.75) is 13.1 Å². The summed E-state index contributed by atoms with van der Waals surface area (Å²) in [7, 11) is 3.15. The molecule has 0 fully saturated rings. The van der Waals surface area contributed by atoms with Crippen LogP contribution in [-0.2, 0) is 17.9 Å². The van der Waals surface area contributed by atoms with Gasteiger partial charge in [-0.1, -0.05) is 12.1 Å². The lowest BCUT2D eigenvalue weighted by Gasteiger charge is -2.17. The van der Waals surface area contributed by atoms with E-state index in [-0.39, 0.29) is 24.2 Å². The van der Waals surface area contributed by atoms with Crippen LogP contribution in [0, 0.1) is 5.82 Å². The fourth-order valence-electron chi connectivity index (χ4n) is 2.63. The zero-order chi connectivity index (χ0) is 21.0. The van der Waals surface area contributed by atoms with Gasteiger partial charge < -0.3 is 14.6 Å². The molecule has 0 saturated carbocycles. The number of aromatic nitrogens is 2. The molecule has 0 aliphatic rings. The van der Waals surface area contributed by atoms with Gasteiger partial charge >= 0.3 is 5.76 Å². The fourth-order valence-corrected chi connectivity index (χ4v) is 2.63. The minimum absolute atomic E-state index is 0.00948. The molecule has 3 aromatic rings. The number of nitrogens with zero attached hydrogens (tertiary/aromatic N) is 3. The van der Waals surface area contributed by atoms with Gasteiger partial charge in [0, 0.05) is 31.8 Å². The third-order valence-corrected chi connectivity index (χ3v) is 4.27. The van der Waals surface area contributed by atoms with Gasteiger partial charge in [-0.25, -0.2) is 9.18 Å². The largest absolute Gasteiger partial charge is 0.437 e.